The standard InChI is InChI=1S/C20H25NO2/c1-6-17-7-9-18(10-8-17)21-20(22)16(5)23-19-12-13(2)11-14(3)15(19)4/h7-12,16H,6H2,1-5H3,(H,21,22). The topological polar surface area (TPSA) is 38.3 Å². The fraction of sp³-hybridized carbons (Fsp3) is 0.350. The zero-order chi connectivity index (χ0) is 17.0. The summed E-state index contributed by atoms with van der Waals surface area (Å²) >= 11 is 0. The summed E-state index contributed by atoms with van der Waals surface area (Å²) in [5.74, 6) is 0.624. The molecule has 1 atom stereocenters. The van der Waals surface area contributed by atoms with Crippen LogP contribution < -0.4 is 10.1 Å². The van der Waals surface area contributed by atoms with Gasteiger partial charge in [0.05, 0.1) is 0 Å². The minimum atomic E-state index is -0.555. The summed E-state index contributed by atoms with van der Waals surface area (Å²) in [6, 6.07) is 12.0. The van der Waals surface area contributed by atoms with Crippen LogP contribution in [0.4, 0.5) is 5.69 Å². The van der Waals surface area contributed by atoms with Gasteiger partial charge in [0.1, 0.15) is 5.75 Å². The molecule has 0 aromatic heterocycles. The highest BCUT2D eigenvalue weighted by atomic mass is 16.5. The quantitative estimate of drug-likeness (QED) is 0.877. The third-order valence-electron chi connectivity index (χ3n) is 4.07. The van der Waals surface area contributed by atoms with Gasteiger partial charge in [-0.2, -0.15) is 0 Å². The lowest BCUT2D eigenvalue weighted by Crippen LogP contribution is -2.30. The molecule has 0 aliphatic heterocycles. The largest absolute Gasteiger partial charge is 0.481 e. The van der Waals surface area contributed by atoms with Crippen molar-refractivity contribution >= 4 is 11.6 Å². The van der Waals surface area contributed by atoms with Crippen LogP contribution >= 0.6 is 0 Å². The molecule has 0 aliphatic rings. The molecule has 1 unspecified atom stereocenters. The van der Waals surface area contributed by atoms with E-state index in [1.54, 1.807) is 6.92 Å². The van der Waals surface area contributed by atoms with Crippen LogP contribution in [0.2, 0.25) is 0 Å². The zero-order valence-electron chi connectivity index (χ0n) is 14.6. The van der Waals surface area contributed by atoms with E-state index in [2.05, 4.69) is 25.2 Å². The van der Waals surface area contributed by atoms with Crippen LogP contribution in [0.15, 0.2) is 36.4 Å². The molecule has 23 heavy (non-hydrogen) atoms. The number of carbonyl (C=O) groups excluding carboxylic acids is 1. The zero-order valence-corrected chi connectivity index (χ0v) is 14.6. The van der Waals surface area contributed by atoms with Crippen LogP contribution in [0.3, 0.4) is 0 Å². The highest BCUT2D eigenvalue weighted by molar-refractivity contribution is 5.94. The summed E-state index contributed by atoms with van der Waals surface area (Å²) in [7, 11) is 0. The van der Waals surface area contributed by atoms with E-state index in [9.17, 15) is 4.79 Å². The average molecular weight is 311 g/mol. The second-order valence-corrected chi connectivity index (χ2v) is 6.00. The van der Waals surface area contributed by atoms with Crippen molar-refractivity contribution in [2.45, 2.75) is 47.1 Å². The highest BCUT2D eigenvalue weighted by Gasteiger charge is 2.16. The van der Waals surface area contributed by atoms with Crippen LogP contribution in [0, 0.1) is 20.8 Å². The number of hydrogen-bond donors (Lipinski definition) is 1. The monoisotopic (exact) mass is 311 g/mol. The van der Waals surface area contributed by atoms with E-state index in [1.807, 2.05) is 44.2 Å². The maximum absolute atomic E-state index is 12.3. The van der Waals surface area contributed by atoms with E-state index in [-0.39, 0.29) is 5.91 Å². The van der Waals surface area contributed by atoms with E-state index in [4.69, 9.17) is 4.74 Å². The Balaban J connectivity index is 2.05. The molecular weight excluding hydrogens is 286 g/mol. The van der Waals surface area contributed by atoms with Crippen LogP contribution in [0.5, 0.6) is 5.75 Å². The van der Waals surface area contributed by atoms with Crippen molar-refractivity contribution in [2.24, 2.45) is 0 Å². The molecule has 0 spiro atoms. The molecule has 0 heterocycles. The average Bonchev–Trinajstić information content (AvgIpc) is 2.52. The predicted octanol–water partition coefficient (Wildman–Crippen LogP) is 4.58. The molecule has 0 bridgehead atoms. The Labute approximate surface area is 138 Å². The molecule has 2 aromatic carbocycles. The highest BCUT2D eigenvalue weighted by Crippen LogP contribution is 2.24. The number of carbonyl (C=O) groups is 1. The van der Waals surface area contributed by atoms with E-state index in [1.165, 1.54) is 11.1 Å². The van der Waals surface area contributed by atoms with Gasteiger partial charge in [0.25, 0.3) is 5.91 Å². The molecule has 0 radical (unpaired) electrons. The summed E-state index contributed by atoms with van der Waals surface area (Å²) in [6.07, 6.45) is 0.431. The molecule has 3 heteroatoms. The lowest BCUT2D eigenvalue weighted by Gasteiger charge is -2.18. The summed E-state index contributed by atoms with van der Waals surface area (Å²) in [4.78, 5) is 12.3. The first-order valence-electron chi connectivity index (χ1n) is 8.05. The van der Waals surface area contributed by atoms with Crippen molar-refractivity contribution in [2.75, 3.05) is 5.32 Å². The molecule has 1 N–H and O–H groups in total. The Morgan fingerprint density at radius 2 is 1.78 bits per heavy atom. The van der Waals surface area contributed by atoms with E-state index in [0.717, 1.165) is 29.0 Å². The Hall–Kier alpha value is -2.29. The van der Waals surface area contributed by atoms with Gasteiger partial charge in [0, 0.05) is 5.69 Å². The molecule has 0 fully saturated rings. The Morgan fingerprint density at radius 1 is 1.13 bits per heavy atom. The van der Waals surface area contributed by atoms with Crippen LogP contribution in [0.1, 0.15) is 36.1 Å². The Bertz CT molecular complexity index is 690. The van der Waals surface area contributed by atoms with Crippen molar-refractivity contribution in [1.29, 1.82) is 0 Å². The fourth-order valence-corrected chi connectivity index (χ4v) is 2.43. The normalized spacial score (nSPS) is 11.9. The van der Waals surface area contributed by atoms with Crippen LogP contribution in [0.25, 0.3) is 0 Å². The first-order valence-corrected chi connectivity index (χ1v) is 8.05. The molecule has 122 valence electrons. The van der Waals surface area contributed by atoms with Gasteiger partial charge in [0.15, 0.2) is 6.10 Å². The lowest BCUT2D eigenvalue weighted by atomic mass is 10.1. The smallest absolute Gasteiger partial charge is 0.265 e. The first-order chi connectivity index (χ1) is 10.9. The molecule has 0 saturated carbocycles. The third-order valence-corrected chi connectivity index (χ3v) is 4.07. The summed E-state index contributed by atoms with van der Waals surface area (Å²) < 4.78 is 5.87. The first kappa shape index (κ1) is 17.1. The number of benzene rings is 2. The maximum Gasteiger partial charge on any atom is 0.265 e. The van der Waals surface area contributed by atoms with Crippen molar-refractivity contribution in [3.63, 3.8) is 0 Å². The van der Waals surface area contributed by atoms with Crippen LogP contribution in [-0.2, 0) is 11.2 Å². The predicted molar refractivity (Wildman–Crippen MR) is 95.2 cm³/mol. The number of ether oxygens (including phenoxy) is 1. The number of hydrogen-bond acceptors (Lipinski definition) is 2. The molecule has 3 nitrogen and oxygen atoms in total. The maximum atomic E-state index is 12.3. The number of nitrogens with one attached hydrogen (secondary N) is 1. The van der Waals surface area contributed by atoms with Gasteiger partial charge in [-0.3, -0.25) is 4.79 Å². The summed E-state index contributed by atoms with van der Waals surface area (Å²) in [5.41, 5.74) is 5.41. The second kappa shape index (κ2) is 7.32. The minimum absolute atomic E-state index is 0.146. The van der Waals surface area contributed by atoms with Gasteiger partial charge in [-0.05, 0) is 74.6 Å². The molecule has 1 amide bonds. The molecule has 2 rings (SSSR count). The minimum Gasteiger partial charge on any atom is -0.481 e. The van der Waals surface area contributed by atoms with Gasteiger partial charge in [-0.1, -0.05) is 25.1 Å². The molecule has 0 saturated heterocycles. The van der Waals surface area contributed by atoms with Crippen molar-refractivity contribution in [3.8, 4) is 5.75 Å². The number of amides is 1. The molecule has 2 aromatic rings. The Morgan fingerprint density at radius 3 is 2.39 bits per heavy atom. The van der Waals surface area contributed by atoms with Crippen molar-refractivity contribution in [3.05, 3.63) is 58.7 Å². The van der Waals surface area contributed by atoms with E-state index < -0.39 is 6.10 Å². The van der Waals surface area contributed by atoms with Gasteiger partial charge in [0.2, 0.25) is 0 Å². The summed E-state index contributed by atoms with van der Waals surface area (Å²) in [5, 5.41) is 2.90. The third kappa shape index (κ3) is 4.35. The van der Waals surface area contributed by atoms with Gasteiger partial charge in [-0.25, -0.2) is 0 Å². The SMILES string of the molecule is CCc1ccc(NC(=O)C(C)Oc2cc(C)cc(C)c2C)cc1. The number of rotatable bonds is 5. The molecular formula is C20H25NO2. The van der Waals surface area contributed by atoms with E-state index in [0.29, 0.717) is 0 Å². The second-order valence-electron chi connectivity index (χ2n) is 6.00. The number of aryl methyl sites for hydroxylation is 3. The molecule has 0 aliphatic carbocycles. The Kier molecular flexibility index (Phi) is 5.43. The van der Waals surface area contributed by atoms with Crippen molar-refractivity contribution in [1.82, 2.24) is 0 Å². The van der Waals surface area contributed by atoms with Gasteiger partial charge < -0.3 is 10.1 Å². The van der Waals surface area contributed by atoms with E-state index >= 15 is 0 Å². The van der Waals surface area contributed by atoms with Gasteiger partial charge >= 0.3 is 0 Å². The summed E-state index contributed by atoms with van der Waals surface area (Å²) in [6.45, 7) is 9.97. The van der Waals surface area contributed by atoms with Crippen LogP contribution in [-0.4, -0.2) is 12.0 Å². The lowest BCUT2D eigenvalue weighted by molar-refractivity contribution is -0.122. The number of anilines is 1. The van der Waals surface area contributed by atoms with Gasteiger partial charge in [-0.15, -0.1) is 0 Å². The fourth-order valence-electron chi connectivity index (χ4n) is 2.43. The van der Waals surface area contributed by atoms with Crippen molar-refractivity contribution < 1.29 is 9.53 Å².